The third-order valence-electron chi connectivity index (χ3n) is 3.51. The highest BCUT2D eigenvalue weighted by Crippen LogP contribution is 2.15. The first-order valence-electron chi connectivity index (χ1n) is 7.66. The van der Waals surface area contributed by atoms with Crippen LogP contribution in [0.25, 0.3) is 11.0 Å². The molecular weight excluding hydrogens is 404 g/mol. The average molecular weight is 419 g/mol. The van der Waals surface area contributed by atoms with Gasteiger partial charge in [0.25, 0.3) is 11.8 Å². The zero-order valence-electron chi connectivity index (χ0n) is 13.5. The van der Waals surface area contributed by atoms with Crippen molar-refractivity contribution in [3.63, 3.8) is 0 Å². The number of aromatic nitrogens is 2. The van der Waals surface area contributed by atoms with Gasteiger partial charge in [-0.3, -0.25) is 25.0 Å². The van der Waals surface area contributed by atoms with E-state index >= 15 is 0 Å². The number of H-pyrrole nitrogens is 1. The smallest absolute Gasteiger partial charge is 0.326 e. The Bertz CT molecular complexity index is 994. The number of para-hydroxylation sites is 2. The van der Waals surface area contributed by atoms with Crippen molar-refractivity contribution >= 4 is 38.8 Å². The van der Waals surface area contributed by atoms with Crippen molar-refractivity contribution in [3.05, 3.63) is 63.5 Å². The molecular formula is C17H15BrN4O4. The molecule has 134 valence electrons. The largest absolute Gasteiger partial charge is 0.484 e. The van der Waals surface area contributed by atoms with Gasteiger partial charge < -0.3 is 9.72 Å². The minimum atomic E-state index is -0.533. The molecule has 1 aromatic heterocycles. The number of fused-ring (bicyclic) bond motifs is 1. The van der Waals surface area contributed by atoms with Gasteiger partial charge in [0.1, 0.15) is 12.3 Å². The topological polar surface area (TPSA) is 105 Å². The number of aromatic amines is 1. The summed E-state index contributed by atoms with van der Waals surface area (Å²) in [7, 11) is 0. The van der Waals surface area contributed by atoms with Crippen molar-refractivity contribution in [1.82, 2.24) is 20.4 Å². The van der Waals surface area contributed by atoms with Crippen LogP contribution in [0.4, 0.5) is 0 Å². The van der Waals surface area contributed by atoms with Gasteiger partial charge in [-0.2, -0.15) is 0 Å². The molecule has 0 aliphatic carbocycles. The number of rotatable bonds is 5. The molecule has 0 aliphatic rings. The Hall–Kier alpha value is -3.07. The molecule has 0 saturated carbocycles. The number of hydrazine groups is 1. The Morgan fingerprint density at radius 1 is 1.04 bits per heavy atom. The van der Waals surface area contributed by atoms with E-state index in [4.69, 9.17) is 4.74 Å². The Balaban J connectivity index is 1.50. The van der Waals surface area contributed by atoms with E-state index in [0.717, 1.165) is 4.47 Å². The van der Waals surface area contributed by atoms with Gasteiger partial charge in [0, 0.05) is 4.47 Å². The number of nitrogens with zero attached hydrogens (tertiary/aromatic N) is 1. The van der Waals surface area contributed by atoms with E-state index in [2.05, 4.69) is 31.8 Å². The molecule has 3 rings (SSSR count). The van der Waals surface area contributed by atoms with Crippen molar-refractivity contribution in [2.24, 2.45) is 0 Å². The van der Waals surface area contributed by atoms with E-state index in [0.29, 0.717) is 16.8 Å². The predicted octanol–water partition coefficient (Wildman–Crippen LogP) is 1.32. The van der Waals surface area contributed by atoms with E-state index in [-0.39, 0.29) is 13.2 Å². The first-order chi connectivity index (χ1) is 12.5. The van der Waals surface area contributed by atoms with Gasteiger partial charge in [0.15, 0.2) is 6.61 Å². The first kappa shape index (κ1) is 17.7. The Labute approximate surface area is 156 Å². The predicted molar refractivity (Wildman–Crippen MR) is 98.5 cm³/mol. The van der Waals surface area contributed by atoms with Crippen LogP contribution >= 0.6 is 15.9 Å². The van der Waals surface area contributed by atoms with Gasteiger partial charge in [0.05, 0.1) is 11.0 Å². The molecule has 0 radical (unpaired) electrons. The molecule has 0 fully saturated rings. The third kappa shape index (κ3) is 4.31. The van der Waals surface area contributed by atoms with Crippen LogP contribution in [0.15, 0.2) is 57.8 Å². The molecule has 0 aliphatic heterocycles. The normalized spacial score (nSPS) is 10.5. The van der Waals surface area contributed by atoms with Crippen LogP contribution in [0.5, 0.6) is 5.75 Å². The molecule has 2 amide bonds. The number of ether oxygens (including phenoxy) is 1. The van der Waals surface area contributed by atoms with Crippen LogP contribution in [-0.4, -0.2) is 28.0 Å². The molecule has 0 unspecified atom stereocenters. The lowest BCUT2D eigenvalue weighted by Gasteiger charge is -2.09. The number of imidazole rings is 1. The molecule has 0 atom stereocenters. The lowest BCUT2D eigenvalue weighted by Crippen LogP contribution is -2.45. The summed E-state index contributed by atoms with van der Waals surface area (Å²) in [6.45, 7) is -0.481. The zero-order valence-corrected chi connectivity index (χ0v) is 15.1. The lowest BCUT2D eigenvalue weighted by molar-refractivity contribution is -0.130. The molecule has 9 heteroatoms. The summed E-state index contributed by atoms with van der Waals surface area (Å²) in [5.74, 6) is -0.526. The van der Waals surface area contributed by atoms with E-state index < -0.39 is 17.5 Å². The fourth-order valence-electron chi connectivity index (χ4n) is 2.30. The second-order valence-electron chi connectivity index (χ2n) is 5.37. The van der Waals surface area contributed by atoms with Crippen molar-refractivity contribution in [2.75, 3.05) is 6.61 Å². The molecule has 1 heterocycles. The Kier molecular flexibility index (Phi) is 5.37. The third-order valence-corrected chi connectivity index (χ3v) is 4.04. The highest BCUT2D eigenvalue weighted by Gasteiger charge is 2.11. The minimum Gasteiger partial charge on any atom is -0.484 e. The lowest BCUT2D eigenvalue weighted by atomic mass is 10.3. The van der Waals surface area contributed by atoms with E-state index in [1.807, 2.05) is 0 Å². The molecule has 3 N–H and O–H groups in total. The first-order valence-corrected chi connectivity index (χ1v) is 8.46. The van der Waals surface area contributed by atoms with Crippen LogP contribution in [0.2, 0.25) is 0 Å². The number of hydrogen-bond acceptors (Lipinski definition) is 4. The summed E-state index contributed by atoms with van der Waals surface area (Å²) in [6.07, 6.45) is 0. The van der Waals surface area contributed by atoms with E-state index in [1.165, 1.54) is 4.57 Å². The number of benzene rings is 2. The van der Waals surface area contributed by atoms with Crippen LogP contribution in [0.1, 0.15) is 0 Å². The van der Waals surface area contributed by atoms with Gasteiger partial charge in [-0.15, -0.1) is 0 Å². The molecule has 8 nitrogen and oxygen atoms in total. The van der Waals surface area contributed by atoms with Gasteiger partial charge in [-0.1, -0.05) is 28.1 Å². The summed E-state index contributed by atoms with van der Waals surface area (Å²) >= 11 is 3.30. The van der Waals surface area contributed by atoms with Crippen molar-refractivity contribution in [3.8, 4) is 5.75 Å². The van der Waals surface area contributed by atoms with Gasteiger partial charge in [-0.05, 0) is 36.4 Å². The van der Waals surface area contributed by atoms with Crippen LogP contribution < -0.4 is 21.3 Å². The quantitative estimate of drug-likeness (QED) is 0.543. The maximum absolute atomic E-state index is 12.0. The van der Waals surface area contributed by atoms with Crippen LogP contribution in [0.3, 0.4) is 0 Å². The molecule has 3 aromatic rings. The van der Waals surface area contributed by atoms with E-state index in [1.54, 1.807) is 48.5 Å². The molecule has 0 saturated heterocycles. The summed E-state index contributed by atoms with van der Waals surface area (Å²) in [4.78, 5) is 38.3. The highest BCUT2D eigenvalue weighted by molar-refractivity contribution is 9.10. The molecule has 2 aromatic carbocycles. The highest BCUT2D eigenvalue weighted by atomic mass is 79.9. The summed E-state index contributed by atoms with van der Waals surface area (Å²) in [5.41, 5.74) is 5.35. The van der Waals surface area contributed by atoms with Gasteiger partial charge in [0.2, 0.25) is 0 Å². The number of hydrogen-bond donors (Lipinski definition) is 3. The fourth-order valence-corrected chi connectivity index (χ4v) is 2.57. The summed E-state index contributed by atoms with van der Waals surface area (Å²) < 4.78 is 7.48. The maximum atomic E-state index is 12.0. The van der Waals surface area contributed by atoms with Crippen molar-refractivity contribution in [2.45, 2.75) is 6.54 Å². The van der Waals surface area contributed by atoms with E-state index in [9.17, 15) is 14.4 Å². The fraction of sp³-hybridized carbons (Fsp3) is 0.118. The maximum Gasteiger partial charge on any atom is 0.326 e. The average Bonchev–Trinajstić information content (AvgIpc) is 2.95. The number of carbonyl (C=O) groups is 2. The number of amides is 2. The zero-order chi connectivity index (χ0) is 18.5. The number of carbonyl (C=O) groups excluding carboxylic acids is 2. The molecule has 26 heavy (non-hydrogen) atoms. The summed E-state index contributed by atoms with van der Waals surface area (Å²) in [6, 6.07) is 14.0. The molecule has 0 bridgehead atoms. The number of nitrogens with one attached hydrogen (secondary N) is 3. The second-order valence-corrected chi connectivity index (χ2v) is 6.29. The number of halogens is 1. The standard InChI is InChI=1S/C17H15BrN4O4/c18-11-5-7-12(8-6-11)26-10-16(24)21-20-15(23)9-22-14-4-2-1-3-13(14)19-17(22)25/h1-8H,9-10H2,(H,19,25)(H,20,23)(H,21,24). The monoisotopic (exact) mass is 418 g/mol. The summed E-state index contributed by atoms with van der Waals surface area (Å²) in [5, 5.41) is 0. The Morgan fingerprint density at radius 3 is 2.50 bits per heavy atom. The van der Waals surface area contributed by atoms with Crippen molar-refractivity contribution in [1.29, 1.82) is 0 Å². The Morgan fingerprint density at radius 2 is 1.73 bits per heavy atom. The van der Waals surface area contributed by atoms with Gasteiger partial charge >= 0.3 is 5.69 Å². The SMILES string of the molecule is O=C(COc1ccc(Br)cc1)NNC(=O)Cn1c(=O)[nH]c2ccccc21. The minimum absolute atomic E-state index is 0.226. The van der Waals surface area contributed by atoms with Crippen molar-refractivity contribution < 1.29 is 14.3 Å². The van der Waals surface area contributed by atoms with Crippen LogP contribution in [-0.2, 0) is 16.1 Å². The second kappa shape index (κ2) is 7.87. The van der Waals surface area contributed by atoms with Crippen LogP contribution in [0, 0.1) is 0 Å². The van der Waals surface area contributed by atoms with Gasteiger partial charge in [-0.25, -0.2) is 4.79 Å². The molecule has 0 spiro atoms.